The third-order valence-electron chi connectivity index (χ3n) is 4.35. The summed E-state index contributed by atoms with van der Waals surface area (Å²) in [5, 5.41) is 3.31. The predicted molar refractivity (Wildman–Crippen MR) is 112 cm³/mol. The Hall–Kier alpha value is -3.17. The molecule has 0 saturated heterocycles. The maximum Gasteiger partial charge on any atom is 0.266 e. The lowest BCUT2D eigenvalue weighted by atomic mass is 10.2. The number of benzene rings is 2. The number of guanidine groups is 1. The lowest BCUT2D eigenvalue weighted by Gasteiger charge is -2.25. The fraction of sp³-hybridized carbons (Fsp3) is 0.100. The summed E-state index contributed by atoms with van der Waals surface area (Å²) >= 11 is 6.18. The SMILES string of the molecule is Cc1ccc2c(c1Oc1ccccc1Cl)NC(=NCc1ncccc1F)NS2(=O)=O. The van der Waals surface area contributed by atoms with Crippen LogP contribution in [0.4, 0.5) is 10.1 Å². The Bertz CT molecular complexity index is 1260. The number of para-hydroxylation sites is 1. The fourth-order valence-corrected chi connectivity index (χ4v) is 4.18. The van der Waals surface area contributed by atoms with Gasteiger partial charge in [-0.2, -0.15) is 0 Å². The number of pyridine rings is 1. The summed E-state index contributed by atoms with van der Waals surface area (Å²) in [7, 11) is -3.92. The molecule has 0 spiro atoms. The van der Waals surface area contributed by atoms with Crippen LogP contribution in [0.1, 0.15) is 11.3 Å². The molecule has 0 radical (unpaired) electrons. The first kappa shape index (κ1) is 20.1. The largest absolute Gasteiger partial charge is 0.453 e. The molecular weight excluding hydrogens is 431 g/mol. The van der Waals surface area contributed by atoms with Crippen LogP contribution < -0.4 is 14.8 Å². The highest BCUT2D eigenvalue weighted by Gasteiger charge is 2.30. The number of ether oxygens (including phenoxy) is 1. The van der Waals surface area contributed by atoms with Crippen molar-refractivity contribution in [2.45, 2.75) is 18.4 Å². The van der Waals surface area contributed by atoms with Gasteiger partial charge in [0, 0.05) is 6.20 Å². The van der Waals surface area contributed by atoms with E-state index in [1.54, 1.807) is 37.3 Å². The molecule has 1 aliphatic heterocycles. The maximum absolute atomic E-state index is 13.8. The molecule has 0 fully saturated rings. The fourth-order valence-electron chi connectivity index (χ4n) is 2.87. The zero-order valence-corrected chi connectivity index (χ0v) is 17.3. The molecule has 0 bridgehead atoms. The van der Waals surface area contributed by atoms with E-state index in [1.807, 2.05) is 0 Å². The Morgan fingerprint density at radius 2 is 1.97 bits per heavy atom. The number of aromatic nitrogens is 1. The zero-order valence-electron chi connectivity index (χ0n) is 15.7. The van der Waals surface area contributed by atoms with Crippen LogP contribution in [0.15, 0.2) is 64.6 Å². The van der Waals surface area contributed by atoms with Crippen molar-refractivity contribution in [1.29, 1.82) is 0 Å². The quantitative estimate of drug-likeness (QED) is 0.625. The van der Waals surface area contributed by atoms with Crippen LogP contribution in [0.3, 0.4) is 0 Å². The number of aliphatic imine (C=N–C) groups is 1. The second-order valence-corrected chi connectivity index (χ2v) is 8.50. The van der Waals surface area contributed by atoms with Crippen LogP contribution in [-0.2, 0) is 16.6 Å². The molecule has 3 aromatic rings. The molecule has 0 atom stereocenters. The van der Waals surface area contributed by atoms with E-state index in [1.165, 1.54) is 24.4 Å². The number of sulfonamides is 1. The van der Waals surface area contributed by atoms with E-state index >= 15 is 0 Å². The van der Waals surface area contributed by atoms with E-state index in [0.717, 1.165) is 0 Å². The molecule has 1 aromatic heterocycles. The van der Waals surface area contributed by atoms with Gasteiger partial charge >= 0.3 is 0 Å². The second kappa shape index (κ2) is 7.92. The van der Waals surface area contributed by atoms with Crippen molar-refractivity contribution < 1.29 is 17.5 Å². The smallest absolute Gasteiger partial charge is 0.266 e. The number of nitrogens with zero attached hydrogens (tertiary/aromatic N) is 2. The molecule has 0 saturated carbocycles. The van der Waals surface area contributed by atoms with Crippen molar-refractivity contribution in [1.82, 2.24) is 9.71 Å². The molecule has 154 valence electrons. The first-order chi connectivity index (χ1) is 14.3. The summed E-state index contributed by atoms with van der Waals surface area (Å²) in [6.45, 7) is 1.63. The summed E-state index contributed by atoms with van der Waals surface area (Å²) in [6.07, 6.45) is 1.44. The molecule has 10 heteroatoms. The van der Waals surface area contributed by atoms with Gasteiger partial charge in [-0.05, 0) is 42.8 Å². The molecule has 7 nitrogen and oxygen atoms in total. The van der Waals surface area contributed by atoms with E-state index in [9.17, 15) is 12.8 Å². The van der Waals surface area contributed by atoms with Crippen molar-refractivity contribution in [2.75, 3.05) is 5.32 Å². The Balaban J connectivity index is 1.74. The van der Waals surface area contributed by atoms with Gasteiger partial charge in [0.1, 0.15) is 22.1 Å². The molecule has 0 unspecified atom stereocenters. The molecule has 0 aliphatic carbocycles. The number of rotatable bonds is 4. The highest BCUT2D eigenvalue weighted by molar-refractivity contribution is 7.90. The summed E-state index contributed by atoms with van der Waals surface area (Å²) in [5.74, 6) is 0.0755. The third-order valence-corrected chi connectivity index (χ3v) is 6.04. The van der Waals surface area contributed by atoms with Gasteiger partial charge in [0.05, 0.1) is 17.3 Å². The van der Waals surface area contributed by atoms with Gasteiger partial charge in [-0.3, -0.25) is 4.98 Å². The van der Waals surface area contributed by atoms with Gasteiger partial charge in [0.25, 0.3) is 10.0 Å². The van der Waals surface area contributed by atoms with Gasteiger partial charge in [0.2, 0.25) is 5.96 Å². The molecule has 1 aliphatic rings. The van der Waals surface area contributed by atoms with Crippen LogP contribution >= 0.6 is 11.6 Å². The van der Waals surface area contributed by atoms with Crippen LogP contribution in [0, 0.1) is 12.7 Å². The highest BCUT2D eigenvalue weighted by atomic mass is 35.5. The van der Waals surface area contributed by atoms with E-state index in [2.05, 4.69) is 20.0 Å². The molecular formula is C20H16ClFN4O3S. The minimum absolute atomic E-state index is 0.00174. The van der Waals surface area contributed by atoms with Crippen molar-refractivity contribution in [3.8, 4) is 11.5 Å². The van der Waals surface area contributed by atoms with Gasteiger partial charge < -0.3 is 10.1 Å². The third kappa shape index (κ3) is 3.94. The van der Waals surface area contributed by atoms with Gasteiger partial charge in [0.15, 0.2) is 5.75 Å². The number of nitrogens with one attached hydrogen (secondary N) is 2. The average molecular weight is 447 g/mol. The lowest BCUT2D eigenvalue weighted by molar-refractivity contribution is 0.479. The second-order valence-electron chi connectivity index (χ2n) is 6.44. The monoisotopic (exact) mass is 446 g/mol. The number of halogens is 2. The Morgan fingerprint density at radius 3 is 2.73 bits per heavy atom. The van der Waals surface area contributed by atoms with Crippen LogP contribution in [0.5, 0.6) is 11.5 Å². The molecule has 2 heterocycles. The van der Waals surface area contributed by atoms with Crippen LogP contribution in [-0.4, -0.2) is 19.4 Å². The van der Waals surface area contributed by atoms with E-state index < -0.39 is 15.8 Å². The van der Waals surface area contributed by atoms with Crippen molar-refractivity contribution in [3.63, 3.8) is 0 Å². The van der Waals surface area contributed by atoms with E-state index in [4.69, 9.17) is 16.3 Å². The summed E-state index contributed by atoms with van der Waals surface area (Å²) in [4.78, 5) is 8.05. The predicted octanol–water partition coefficient (Wildman–Crippen LogP) is 4.23. The Morgan fingerprint density at radius 1 is 1.17 bits per heavy atom. The summed E-state index contributed by atoms with van der Waals surface area (Å²) in [5.41, 5.74) is 0.996. The Labute approximate surface area is 177 Å². The molecule has 4 rings (SSSR count). The number of hydrogen-bond acceptors (Lipinski definition) is 5. The van der Waals surface area contributed by atoms with Crippen molar-refractivity contribution in [3.05, 3.63) is 76.8 Å². The van der Waals surface area contributed by atoms with E-state index in [-0.39, 0.29) is 28.8 Å². The first-order valence-electron chi connectivity index (χ1n) is 8.85. The van der Waals surface area contributed by atoms with E-state index in [0.29, 0.717) is 22.1 Å². The Kier molecular flexibility index (Phi) is 5.31. The average Bonchev–Trinajstić information content (AvgIpc) is 2.70. The highest BCUT2D eigenvalue weighted by Crippen LogP contribution is 2.41. The van der Waals surface area contributed by atoms with Gasteiger partial charge in [-0.15, -0.1) is 0 Å². The minimum atomic E-state index is -3.92. The maximum atomic E-state index is 13.8. The minimum Gasteiger partial charge on any atom is -0.453 e. The standard InChI is InChI=1S/C20H16ClFN4O3S/c1-12-8-9-17-18(19(12)29-16-7-3-2-5-13(16)21)25-20(26-30(17,27)28)24-11-15-14(22)6-4-10-23-15/h2-10H,11H2,1H3,(H2,24,25,26). The van der Waals surface area contributed by atoms with Crippen LogP contribution in [0.2, 0.25) is 5.02 Å². The van der Waals surface area contributed by atoms with Crippen LogP contribution in [0.25, 0.3) is 0 Å². The number of fused-ring (bicyclic) bond motifs is 1. The molecule has 2 N–H and O–H groups in total. The molecule has 30 heavy (non-hydrogen) atoms. The number of aryl methyl sites for hydroxylation is 1. The zero-order chi connectivity index (χ0) is 21.3. The number of anilines is 1. The molecule has 0 amide bonds. The van der Waals surface area contributed by atoms with Crippen molar-refractivity contribution in [2.24, 2.45) is 4.99 Å². The summed E-state index contributed by atoms with van der Waals surface area (Å²) in [6, 6.07) is 12.7. The summed E-state index contributed by atoms with van der Waals surface area (Å²) < 4.78 is 47.6. The normalized spacial score (nSPS) is 15.8. The first-order valence-corrected chi connectivity index (χ1v) is 10.7. The topological polar surface area (TPSA) is 92.7 Å². The molecule has 2 aromatic carbocycles. The number of hydrogen-bond donors (Lipinski definition) is 2. The van der Waals surface area contributed by atoms with Crippen molar-refractivity contribution >= 4 is 33.3 Å². The van der Waals surface area contributed by atoms with Gasteiger partial charge in [-0.25, -0.2) is 22.5 Å². The lowest BCUT2D eigenvalue weighted by Crippen LogP contribution is -2.41. The van der Waals surface area contributed by atoms with Gasteiger partial charge in [-0.1, -0.05) is 29.8 Å².